The minimum absolute atomic E-state index is 0.0643. The van der Waals surface area contributed by atoms with E-state index in [4.69, 9.17) is 4.98 Å². The van der Waals surface area contributed by atoms with Crippen LogP contribution in [-0.4, -0.2) is 20.8 Å². The Labute approximate surface area is 143 Å². The zero-order valence-electron chi connectivity index (χ0n) is 13.8. The topological polar surface area (TPSA) is 50.7 Å². The van der Waals surface area contributed by atoms with Crippen LogP contribution in [0.2, 0.25) is 0 Å². The molecule has 0 aliphatic carbocycles. The number of nitrogens with zero attached hydrogens (tertiary/aromatic N) is 2. The largest absolute Gasteiger partial charge is 0.349 e. The van der Waals surface area contributed by atoms with Gasteiger partial charge in [0.25, 0.3) is 5.56 Å². The molecule has 0 amide bonds. The van der Waals surface area contributed by atoms with Gasteiger partial charge in [-0.3, -0.25) is 9.36 Å². The normalized spacial score (nSPS) is 11.5. The summed E-state index contributed by atoms with van der Waals surface area (Å²) in [4.78, 5) is 21.2. The molecular formula is C19H17N3OS. The lowest BCUT2D eigenvalue weighted by atomic mass is 10.1. The van der Waals surface area contributed by atoms with Crippen molar-refractivity contribution >= 4 is 33.7 Å². The van der Waals surface area contributed by atoms with Gasteiger partial charge in [0, 0.05) is 10.9 Å². The monoisotopic (exact) mass is 335 g/mol. The fourth-order valence-electron chi connectivity index (χ4n) is 3.19. The predicted molar refractivity (Wildman–Crippen MR) is 100 cm³/mol. The van der Waals surface area contributed by atoms with E-state index in [1.54, 1.807) is 4.57 Å². The van der Waals surface area contributed by atoms with Crippen LogP contribution in [0.4, 0.5) is 0 Å². The van der Waals surface area contributed by atoms with Gasteiger partial charge in [0.1, 0.15) is 11.0 Å². The lowest BCUT2D eigenvalue weighted by Gasteiger charge is -2.12. The number of nitrogens with one attached hydrogen (secondary N) is 1. The van der Waals surface area contributed by atoms with E-state index in [1.807, 2.05) is 56.5 Å². The number of aromatic amines is 1. The summed E-state index contributed by atoms with van der Waals surface area (Å²) in [6, 6.07) is 14.0. The van der Waals surface area contributed by atoms with Crippen molar-refractivity contribution in [1.29, 1.82) is 0 Å². The molecule has 0 radical (unpaired) electrons. The molecule has 120 valence electrons. The third kappa shape index (κ3) is 2.24. The molecule has 0 atom stereocenters. The van der Waals surface area contributed by atoms with Crippen LogP contribution in [0.25, 0.3) is 27.6 Å². The summed E-state index contributed by atoms with van der Waals surface area (Å²) in [5.74, 6) is 0. The van der Waals surface area contributed by atoms with Crippen molar-refractivity contribution in [2.24, 2.45) is 0 Å². The lowest BCUT2D eigenvalue weighted by Crippen LogP contribution is -2.21. The van der Waals surface area contributed by atoms with Gasteiger partial charge in [-0.15, -0.1) is 0 Å². The molecule has 0 aliphatic heterocycles. The Morgan fingerprint density at radius 3 is 2.50 bits per heavy atom. The van der Waals surface area contributed by atoms with E-state index in [0.29, 0.717) is 10.7 Å². The highest BCUT2D eigenvalue weighted by Crippen LogP contribution is 2.25. The Kier molecular flexibility index (Phi) is 3.46. The Hall–Kier alpha value is -2.53. The number of aryl methyl sites for hydroxylation is 2. The molecule has 0 bridgehead atoms. The molecule has 2 aromatic heterocycles. The number of benzene rings is 2. The minimum Gasteiger partial charge on any atom is -0.349 e. The summed E-state index contributed by atoms with van der Waals surface area (Å²) in [6.07, 6.45) is 1.95. The van der Waals surface area contributed by atoms with Gasteiger partial charge < -0.3 is 4.98 Å². The van der Waals surface area contributed by atoms with Crippen LogP contribution in [0, 0.1) is 13.8 Å². The van der Waals surface area contributed by atoms with Crippen molar-refractivity contribution in [3.05, 3.63) is 63.9 Å². The summed E-state index contributed by atoms with van der Waals surface area (Å²) in [5, 5.41) is 1.68. The first kappa shape index (κ1) is 15.0. The minimum atomic E-state index is -0.0643. The number of thioether (sulfide) groups is 1. The lowest BCUT2D eigenvalue weighted by molar-refractivity contribution is 0.819. The molecule has 4 rings (SSSR count). The molecule has 0 aliphatic rings. The van der Waals surface area contributed by atoms with Crippen LogP contribution >= 0.6 is 11.8 Å². The Balaban J connectivity index is 2.14. The van der Waals surface area contributed by atoms with Crippen LogP contribution in [0.15, 0.2) is 52.4 Å². The third-order valence-corrected chi connectivity index (χ3v) is 4.78. The number of hydrogen-bond acceptors (Lipinski definition) is 3. The van der Waals surface area contributed by atoms with Crippen molar-refractivity contribution in [2.45, 2.75) is 19.0 Å². The molecule has 0 saturated carbocycles. The molecule has 0 unspecified atom stereocenters. The van der Waals surface area contributed by atoms with Gasteiger partial charge in [-0.25, -0.2) is 4.98 Å². The average Bonchev–Trinajstić information content (AvgIpc) is 2.93. The molecule has 0 saturated heterocycles. The summed E-state index contributed by atoms with van der Waals surface area (Å²) < 4.78 is 1.70. The highest BCUT2D eigenvalue weighted by Gasteiger charge is 2.16. The van der Waals surface area contributed by atoms with Gasteiger partial charge in [-0.2, -0.15) is 0 Å². The molecule has 2 heterocycles. The first-order valence-corrected chi connectivity index (χ1v) is 8.97. The molecule has 4 aromatic rings. The number of H-pyrrole nitrogens is 1. The summed E-state index contributed by atoms with van der Waals surface area (Å²) in [5.41, 5.74) is 5.26. The number of fused-ring (bicyclic) bond motifs is 3. The molecule has 0 fully saturated rings. The fraction of sp³-hybridized carbons (Fsp3) is 0.158. The summed E-state index contributed by atoms with van der Waals surface area (Å²) in [7, 11) is 0. The molecule has 1 N–H and O–H groups in total. The average molecular weight is 335 g/mol. The maximum Gasteiger partial charge on any atom is 0.283 e. The smallest absolute Gasteiger partial charge is 0.283 e. The Morgan fingerprint density at radius 1 is 1.08 bits per heavy atom. The Morgan fingerprint density at radius 2 is 1.79 bits per heavy atom. The first-order chi connectivity index (χ1) is 11.6. The number of aromatic nitrogens is 3. The number of rotatable bonds is 2. The maximum absolute atomic E-state index is 13.2. The second-order valence-corrected chi connectivity index (χ2v) is 6.75. The van der Waals surface area contributed by atoms with Crippen LogP contribution in [0.1, 0.15) is 11.1 Å². The van der Waals surface area contributed by atoms with Gasteiger partial charge in [0.05, 0.1) is 5.69 Å². The predicted octanol–water partition coefficient (Wildman–Crippen LogP) is 4.21. The van der Waals surface area contributed by atoms with E-state index in [2.05, 4.69) is 11.1 Å². The number of hydrogen-bond donors (Lipinski definition) is 1. The van der Waals surface area contributed by atoms with Gasteiger partial charge in [-0.1, -0.05) is 36.0 Å². The van der Waals surface area contributed by atoms with Gasteiger partial charge in [0.2, 0.25) is 0 Å². The van der Waals surface area contributed by atoms with Crippen LogP contribution < -0.4 is 5.56 Å². The highest BCUT2D eigenvalue weighted by atomic mass is 32.2. The SMILES string of the molecule is CSc1nc2c([nH]c3ccccc32)c(=O)n1-c1cc(C)cc(C)c1. The quantitative estimate of drug-likeness (QED) is 0.441. The summed E-state index contributed by atoms with van der Waals surface area (Å²) in [6.45, 7) is 4.07. The van der Waals surface area contributed by atoms with Gasteiger partial charge >= 0.3 is 0 Å². The number of para-hydroxylation sites is 1. The van der Waals surface area contributed by atoms with Gasteiger partial charge in [0.15, 0.2) is 5.16 Å². The molecule has 24 heavy (non-hydrogen) atoms. The van der Waals surface area contributed by atoms with Crippen LogP contribution in [0.5, 0.6) is 0 Å². The first-order valence-electron chi connectivity index (χ1n) is 7.74. The van der Waals surface area contributed by atoms with E-state index in [0.717, 1.165) is 33.2 Å². The molecule has 4 nitrogen and oxygen atoms in total. The second-order valence-electron chi connectivity index (χ2n) is 5.98. The van der Waals surface area contributed by atoms with Crippen molar-refractivity contribution in [3.63, 3.8) is 0 Å². The third-order valence-electron chi connectivity index (χ3n) is 4.14. The van der Waals surface area contributed by atoms with Crippen LogP contribution in [0.3, 0.4) is 0 Å². The van der Waals surface area contributed by atoms with Gasteiger partial charge in [-0.05, 0) is 49.4 Å². The summed E-state index contributed by atoms with van der Waals surface area (Å²) >= 11 is 1.48. The molecular weight excluding hydrogens is 318 g/mol. The second kappa shape index (κ2) is 5.53. The highest BCUT2D eigenvalue weighted by molar-refractivity contribution is 7.98. The van der Waals surface area contributed by atoms with E-state index >= 15 is 0 Å². The standard InChI is InChI=1S/C19H17N3OS/c1-11-8-12(2)10-13(9-11)22-18(23)17-16(21-19(22)24-3)14-6-4-5-7-15(14)20-17/h4-10,20H,1-3H3. The van der Waals surface area contributed by atoms with Crippen molar-refractivity contribution in [2.75, 3.05) is 6.26 Å². The molecule has 2 aromatic carbocycles. The molecule has 0 spiro atoms. The van der Waals surface area contributed by atoms with E-state index in [-0.39, 0.29) is 5.56 Å². The van der Waals surface area contributed by atoms with Crippen molar-refractivity contribution in [3.8, 4) is 5.69 Å². The van der Waals surface area contributed by atoms with Crippen molar-refractivity contribution < 1.29 is 0 Å². The fourth-order valence-corrected chi connectivity index (χ4v) is 3.74. The zero-order chi connectivity index (χ0) is 16.8. The van der Waals surface area contributed by atoms with E-state index in [9.17, 15) is 4.79 Å². The van der Waals surface area contributed by atoms with Crippen LogP contribution in [-0.2, 0) is 0 Å². The van der Waals surface area contributed by atoms with E-state index in [1.165, 1.54) is 11.8 Å². The molecule has 5 heteroatoms. The zero-order valence-corrected chi connectivity index (χ0v) is 14.6. The maximum atomic E-state index is 13.2. The Bertz CT molecular complexity index is 1120. The van der Waals surface area contributed by atoms with E-state index < -0.39 is 0 Å². The van der Waals surface area contributed by atoms with Crippen molar-refractivity contribution in [1.82, 2.24) is 14.5 Å².